The number of fused-ring (bicyclic) bond motifs is 1. The molecule has 3 atom stereocenters. The maximum Gasteiger partial charge on any atom is 0.229 e. The van der Waals surface area contributed by atoms with Gasteiger partial charge in [-0.1, -0.05) is 6.42 Å². The van der Waals surface area contributed by atoms with E-state index in [1.165, 1.54) is 6.42 Å². The first kappa shape index (κ1) is 10.5. The summed E-state index contributed by atoms with van der Waals surface area (Å²) < 4.78 is 1.11. The van der Waals surface area contributed by atoms with Gasteiger partial charge in [-0.15, -0.1) is 0 Å². The summed E-state index contributed by atoms with van der Waals surface area (Å²) in [5.74, 6) is 0.632. The second kappa shape index (κ2) is 3.98. The highest BCUT2D eigenvalue weighted by molar-refractivity contribution is 14.1. The Hall–Kier alpha value is -0.650. The number of aromatic nitrogens is 1. The van der Waals surface area contributed by atoms with Gasteiger partial charge in [-0.25, -0.2) is 0 Å². The molecule has 84 valence electrons. The third kappa shape index (κ3) is 1.63. The number of halogens is 1. The quantitative estimate of drug-likeness (QED) is 0.802. The average molecular weight is 328 g/mol. The van der Waals surface area contributed by atoms with Gasteiger partial charge >= 0.3 is 0 Å². The van der Waals surface area contributed by atoms with E-state index in [9.17, 15) is 4.79 Å². The highest BCUT2D eigenvalue weighted by Gasteiger charge is 2.45. The molecule has 3 unspecified atom stereocenters. The van der Waals surface area contributed by atoms with Gasteiger partial charge in [0.15, 0.2) is 0 Å². The summed E-state index contributed by atoms with van der Waals surface area (Å²) in [7, 11) is 0. The third-order valence-corrected chi connectivity index (χ3v) is 4.31. The van der Waals surface area contributed by atoms with E-state index in [1.807, 2.05) is 18.3 Å². The lowest BCUT2D eigenvalue weighted by Crippen LogP contribution is -2.25. The first-order chi connectivity index (χ1) is 7.75. The van der Waals surface area contributed by atoms with Crippen molar-refractivity contribution in [1.29, 1.82) is 0 Å². The minimum absolute atomic E-state index is 0.00972. The van der Waals surface area contributed by atoms with Crippen molar-refractivity contribution in [2.45, 2.75) is 31.2 Å². The van der Waals surface area contributed by atoms with Crippen molar-refractivity contribution in [1.82, 2.24) is 10.3 Å². The van der Waals surface area contributed by atoms with Crippen molar-refractivity contribution >= 4 is 28.5 Å². The Morgan fingerprint density at radius 1 is 1.38 bits per heavy atom. The predicted molar refractivity (Wildman–Crippen MR) is 69.0 cm³/mol. The summed E-state index contributed by atoms with van der Waals surface area (Å²) in [6.45, 7) is 0. The molecule has 0 radical (unpaired) electrons. The smallest absolute Gasteiger partial charge is 0.229 e. The van der Waals surface area contributed by atoms with E-state index in [1.54, 1.807) is 0 Å². The van der Waals surface area contributed by atoms with E-state index in [2.05, 4.69) is 32.9 Å². The van der Waals surface area contributed by atoms with E-state index in [4.69, 9.17) is 0 Å². The molecule has 1 amide bonds. The van der Waals surface area contributed by atoms with E-state index in [0.29, 0.717) is 12.0 Å². The van der Waals surface area contributed by atoms with Crippen LogP contribution in [0.25, 0.3) is 0 Å². The SMILES string of the molecule is O=C1NC2CCCC2C1c1ccc(I)cn1. The van der Waals surface area contributed by atoms with Crippen molar-refractivity contribution in [2.24, 2.45) is 5.92 Å². The summed E-state index contributed by atoms with van der Waals surface area (Å²) in [5.41, 5.74) is 0.937. The number of amides is 1. The number of pyridine rings is 1. The highest BCUT2D eigenvalue weighted by Crippen LogP contribution is 2.41. The number of hydrogen-bond donors (Lipinski definition) is 1. The lowest BCUT2D eigenvalue weighted by atomic mass is 9.89. The molecule has 3 rings (SSSR count). The molecule has 2 fully saturated rings. The van der Waals surface area contributed by atoms with Crippen LogP contribution in [-0.2, 0) is 4.79 Å². The van der Waals surface area contributed by atoms with Gasteiger partial charge in [-0.05, 0) is 53.5 Å². The summed E-state index contributed by atoms with van der Waals surface area (Å²) in [6.07, 6.45) is 5.36. The summed E-state index contributed by atoms with van der Waals surface area (Å²) in [5, 5.41) is 3.10. The maximum atomic E-state index is 11.9. The van der Waals surface area contributed by atoms with Crippen molar-refractivity contribution < 1.29 is 4.79 Å². The van der Waals surface area contributed by atoms with Crippen LogP contribution in [0.3, 0.4) is 0 Å². The molecular formula is C12H13IN2O. The minimum atomic E-state index is -0.00972. The van der Waals surface area contributed by atoms with Crippen molar-refractivity contribution in [3.8, 4) is 0 Å². The van der Waals surface area contributed by atoms with Gasteiger partial charge in [0.25, 0.3) is 0 Å². The fourth-order valence-corrected chi connectivity index (χ4v) is 3.28. The van der Waals surface area contributed by atoms with Crippen LogP contribution in [0.5, 0.6) is 0 Å². The van der Waals surface area contributed by atoms with Crippen molar-refractivity contribution in [3.05, 3.63) is 27.6 Å². The molecule has 16 heavy (non-hydrogen) atoms. The Kier molecular flexibility index (Phi) is 2.61. The molecule has 1 aromatic rings. The molecule has 0 spiro atoms. The molecule has 1 saturated heterocycles. The Labute approximate surface area is 108 Å². The molecule has 1 aromatic heterocycles. The number of nitrogens with zero attached hydrogens (tertiary/aromatic N) is 1. The number of carbonyl (C=O) groups excluding carboxylic acids is 1. The zero-order valence-electron chi connectivity index (χ0n) is 8.82. The first-order valence-electron chi connectivity index (χ1n) is 5.67. The van der Waals surface area contributed by atoms with Gasteiger partial charge in [-0.3, -0.25) is 9.78 Å². The molecule has 3 nitrogen and oxygen atoms in total. The first-order valence-corrected chi connectivity index (χ1v) is 6.75. The van der Waals surface area contributed by atoms with E-state index < -0.39 is 0 Å². The van der Waals surface area contributed by atoms with E-state index in [0.717, 1.165) is 22.1 Å². The third-order valence-electron chi connectivity index (χ3n) is 3.68. The summed E-state index contributed by atoms with van der Waals surface area (Å²) in [6, 6.07) is 4.42. The minimum Gasteiger partial charge on any atom is -0.352 e. The largest absolute Gasteiger partial charge is 0.352 e. The van der Waals surface area contributed by atoms with E-state index >= 15 is 0 Å². The van der Waals surface area contributed by atoms with Crippen LogP contribution < -0.4 is 5.32 Å². The molecule has 1 saturated carbocycles. The van der Waals surface area contributed by atoms with Crippen LogP contribution >= 0.6 is 22.6 Å². The number of rotatable bonds is 1. The van der Waals surface area contributed by atoms with Crippen molar-refractivity contribution in [2.75, 3.05) is 0 Å². The van der Waals surface area contributed by atoms with Gasteiger partial charge in [0.05, 0.1) is 11.6 Å². The molecule has 1 N–H and O–H groups in total. The fraction of sp³-hybridized carbons (Fsp3) is 0.500. The standard InChI is InChI=1S/C12H13IN2O/c13-7-4-5-10(14-6-7)11-8-2-1-3-9(8)15-12(11)16/h4-6,8-9,11H,1-3H2,(H,15,16). The molecule has 0 aromatic carbocycles. The second-order valence-corrected chi connectivity index (χ2v) is 5.83. The Morgan fingerprint density at radius 3 is 3.00 bits per heavy atom. The average Bonchev–Trinajstić information content (AvgIpc) is 2.79. The van der Waals surface area contributed by atoms with E-state index in [-0.39, 0.29) is 11.8 Å². The Morgan fingerprint density at radius 2 is 2.25 bits per heavy atom. The summed E-state index contributed by atoms with van der Waals surface area (Å²) >= 11 is 2.23. The lowest BCUT2D eigenvalue weighted by Gasteiger charge is -2.14. The summed E-state index contributed by atoms with van der Waals surface area (Å²) in [4.78, 5) is 16.3. The second-order valence-electron chi connectivity index (χ2n) is 4.59. The Bertz CT molecular complexity index is 418. The van der Waals surface area contributed by atoms with Crippen molar-refractivity contribution in [3.63, 3.8) is 0 Å². The lowest BCUT2D eigenvalue weighted by molar-refractivity contribution is -0.121. The normalized spacial score (nSPS) is 32.6. The topological polar surface area (TPSA) is 42.0 Å². The molecule has 2 aliphatic rings. The molecule has 1 aliphatic carbocycles. The molecule has 1 aliphatic heterocycles. The highest BCUT2D eigenvalue weighted by atomic mass is 127. The molecule has 4 heteroatoms. The molecular weight excluding hydrogens is 315 g/mol. The zero-order chi connectivity index (χ0) is 11.1. The number of hydrogen-bond acceptors (Lipinski definition) is 2. The van der Waals surface area contributed by atoms with Crippen LogP contribution in [0.4, 0.5) is 0 Å². The van der Waals surface area contributed by atoms with Gasteiger partial charge in [0, 0.05) is 15.8 Å². The van der Waals surface area contributed by atoms with Gasteiger partial charge in [-0.2, -0.15) is 0 Å². The van der Waals surface area contributed by atoms with Gasteiger partial charge in [0.1, 0.15) is 0 Å². The van der Waals surface area contributed by atoms with Gasteiger partial charge < -0.3 is 5.32 Å². The maximum absolute atomic E-state index is 11.9. The van der Waals surface area contributed by atoms with Crippen LogP contribution in [0.2, 0.25) is 0 Å². The zero-order valence-corrected chi connectivity index (χ0v) is 11.0. The van der Waals surface area contributed by atoms with Crippen LogP contribution in [0.1, 0.15) is 30.9 Å². The van der Waals surface area contributed by atoms with Crippen LogP contribution in [0, 0.1) is 9.49 Å². The van der Waals surface area contributed by atoms with Gasteiger partial charge in [0.2, 0.25) is 5.91 Å². The number of nitrogens with one attached hydrogen (secondary N) is 1. The molecule has 2 heterocycles. The molecule has 0 bridgehead atoms. The van der Waals surface area contributed by atoms with Crippen LogP contribution in [0.15, 0.2) is 18.3 Å². The predicted octanol–water partition coefficient (Wildman–Crippen LogP) is 2.07. The fourth-order valence-electron chi connectivity index (χ4n) is 2.96. The van der Waals surface area contributed by atoms with Crippen LogP contribution in [-0.4, -0.2) is 16.9 Å². The Balaban J connectivity index is 1.93. The number of carbonyl (C=O) groups is 1. The monoisotopic (exact) mass is 328 g/mol.